The van der Waals surface area contributed by atoms with E-state index in [1.54, 1.807) is 12.1 Å². The number of carbonyl (C=O) groups is 1. The minimum Gasteiger partial charge on any atom is -0.384 e. The number of hydrogen-bond acceptors (Lipinski definition) is 4. The summed E-state index contributed by atoms with van der Waals surface area (Å²) in [5.74, 6) is 0.295. The lowest BCUT2D eigenvalue weighted by atomic mass is 9.86. The summed E-state index contributed by atoms with van der Waals surface area (Å²) in [6.07, 6.45) is 3.66. The number of aryl methyl sites for hydroxylation is 1. The number of ether oxygens (including phenoxy) is 1. The van der Waals surface area contributed by atoms with Crippen LogP contribution in [-0.4, -0.2) is 29.1 Å². The summed E-state index contributed by atoms with van der Waals surface area (Å²) in [5, 5.41) is 3.11. The van der Waals surface area contributed by atoms with Crippen LogP contribution in [0.3, 0.4) is 0 Å². The molecule has 0 saturated carbocycles. The molecule has 1 atom stereocenters. The van der Waals surface area contributed by atoms with Crippen molar-refractivity contribution in [1.82, 2.24) is 10.3 Å². The monoisotopic (exact) mass is 291 g/mol. The predicted molar refractivity (Wildman–Crippen MR) is 83.1 cm³/mol. The maximum absolute atomic E-state index is 12.4. The summed E-state index contributed by atoms with van der Waals surface area (Å²) in [4.78, 5) is 16.5. The van der Waals surface area contributed by atoms with Crippen LogP contribution >= 0.6 is 0 Å². The van der Waals surface area contributed by atoms with Gasteiger partial charge in [-0.05, 0) is 44.7 Å². The van der Waals surface area contributed by atoms with E-state index in [1.165, 1.54) is 0 Å². The first kappa shape index (κ1) is 15.8. The number of pyridine rings is 1. The summed E-state index contributed by atoms with van der Waals surface area (Å²) in [7, 11) is 0. The van der Waals surface area contributed by atoms with Crippen molar-refractivity contribution >= 4 is 11.7 Å². The van der Waals surface area contributed by atoms with Gasteiger partial charge in [-0.3, -0.25) is 4.79 Å². The molecule has 2 heterocycles. The molecule has 0 spiro atoms. The Kier molecular flexibility index (Phi) is 4.83. The van der Waals surface area contributed by atoms with Crippen LogP contribution in [0.2, 0.25) is 0 Å². The zero-order chi connectivity index (χ0) is 15.5. The van der Waals surface area contributed by atoms with Gasteiger partial charge in [0.2, 0.25) is 0 Å². The lowest BCUT2D eigenvalue weighted by molar-refractivity contribution is -0.0917. The molecule has 0 radical (unpaired) electrons. The average molecular weight is 291 g/mol. The predicted octanol–water partition coefficient (Wildman–Crippen LogP) is 2.44. The normalized spacial score (nSPS) is 21.0. The maximum Gasteiger partial charge on any atom is 0.251 e. The van der Waals surface area contributed by atoms with Gasteiger partial charge < -0.3 is 15.8 Å². The van der Waals surface area contributed by atoms with Gasteiger partial charge in [-0.25, -0.2) is 4.98 Å². The van der Waals surface area contributed by atoms with Crippen molar-refractivity contribution in [3.05, 3.63) is 23.4 Å². The Morgan fingerprint density at radius 3 is 2.81 bits per heavy atom. The first-order valence-electron chi connectivity index (χ1n) is 7.67. The van der Waals surface area contributed by atoms with Gasteiger partial charge in [-0.2, -0.15) is 0 Å². The lowest BCUT2D eigenvalue weighted by Gasteiger charge is -2.40. The molecule has 2 rings (SSSR count). The fourth-order valence-electron chi connectivity index (χ4n) is 2.99. The van der Waals surface area contributed by atoms with Crippen LogP contribution in [0.15, 0.2) is 12.1 Å². The molecule has 1 unspecified atom stereocenters. The van der Waals surface area contributed by atoms with E-state index in [4.69, 9.17) is 10.5 Å². The number of anilines is 1. The highest BCUT2D eigenvalue weighted by Crippen LogP contribution is 2.31. The lowest BCUT2D eigenvalue weighted by Crippen LogP contribution is -2.48. The Morgan fingerprint density at radius 2 is 2.19 bits per heavy atom. The van der Waals surface area contributed by atoms with Crippen molar-refractivity contribution in [3.8, 4) is 0 Å². The van der Waals surface area contributed by atoms with Crippen LogP contribution in [0, 0.1) is 6.92 Å². The summed E-state index contributed by atoms with van der Waals surface area (Å²) < 4.78 is 5.94. The molecule has 1 amide bonds. The smallest absolute Gasteiger partial charge is 0.251 e. The Balaban J connectivity index is 2.05. The minimum atomic E-state index is -0.0939. The Bertz CT molecular complexity index is 492. The Morgan fingerprint density at radius 1 is 1.48 bits per heavy atom. The molecule has 1 aromatic rings. The second-order valence-electron chi connectivity index (χ2n) is 5.82. The van der Waals surface area contributed by atoms with E-state index in [0.717, 1.165) is 31.4 Å². The van der Waals surface area contributed by atoms with Gasteiger partial charge in [0, 0.05) is 23.9 Å². The van der Waals surface area contributed by atoms with Crippen LogP contribution in [0.1, 0.15) is 55.6 Å². The van der Waals surface area contributed by atoms with Gasteiger partial charge >= 0.3 is 0 Å². The number of nitrogens with zero attached hydrogens (tertiary/aromatic N) is 1. The van der Waals surface area contributed by atoms with Crippen LogP contribution in [0.4, 0.5) is 5.82 Å². The summed E-state index contributed by atoms with van der Waals surface area (Å²) in [5.41, 5.74) is 6.94. The molecular weight excluding hydrogens is 266 g/mol. The second kappa shape index (κ2) is 6.43. The van der Waals surface area contributed by atoms with Crippen LogP contribution in [0.25, 0.3) is 0 Å². The van der Waals surface area contributed by atoms with Crippen molar-refractivity contribution in [2.75, 3.05) is 12.3 Å². The topological polar surface area (TPSA) is 77.2 Å². The van der Waals surface area contributed by atoms with E-state index < -0.39 is 0 Å². The van der Waals surface area contributed by atoms with Gasteiger partial charge in [-0.1, -0.05) is 13.8 Å². The van der Waals surface area contributed by atoms with Crippen molar-refractivity contribution < 1.29 is 9.53 Å². The van der Waals surface area contributed by atoms with E-state index in [-0.39, 0.29) is 17.6 Å². The highest BCUT2D eigenvalue weighted by atomic mass is 16.5. The van der Waals surface area contributed by atoms with Gasteiger partial charge in [0.1, 0.15) is 5.82 Å². The molecule has 21 heavy (non-hydrogen) atoms. The van der Waals surface area contributed by atoms with E-state index >= 15 is 0 Å². The van der Waals surface area contributed by atoms with E-state index in [9.17, 15) is 4.79 Å². The molecule has 0 aliphatic carbocycles. The Hall–Kier alpha value is -1.62. The Labute approximate surface area is 126 Å². The minimum absolute atomic E-state index is 0.0831. The van der Waals surface area contributed by atoms with Crippen molar-refractivity contribution in [2.45, 2.75) is 58.1 Å². The molecule has 1 aliphatic rings. The van der Waals surface area contributed by atoms with E-state index in [2.05, 4.69) is 24.1 Å². The van der Waals surface area contributed by atoms with E-state index in [0.29, 0.717) is 18.0 Å². The fourth-order valence-corrected chi connectivity index (χ4v) is 2.99. The number of amides is 1. The zero-order valence-corrected chi connectivity index (χ0v) is 13.1. The molecule has 1 aromatic heterocycles. The van der Waals surface area contributed by atoms with Gasteiger partial charge in [-0.15, -0.1) is 0 Å². The standard InChI is InChI=1S/C16H25N3O2/c1-4-16(5-2)10-13(6-7-21-16)19-15(20)12-8-11(3)18-14(17)9-12/h8-9,13H,4-7,10H2,1-3H3,(H2,17,18)(H,19,20). The average Bonchev–Trinajstić information content (AvgIpc) is 2.46. The molecule has 3 N–H and O–H groups in total. The van der Waals surface area contributed by atoms with Crippen molar-refractivity contribution in [1.29, 1.82) is 0 Å². The fraction of sp³-hybridized carbons (Fsp3) is 0.625. The number of aromatic nitrogens is 1. The number of rotatable bonds is 4. The van der Waals surface area contributed by atoms with Gasteiger partial charge in [0.25, 0.3) is 5.91 Å². The largest absolute Gasteiger partial charge is 0.384 e. The highest BCUT2D eigenvalue weighted by molar-refractivity contribution is 5.95. The zero-order valence-electron chi connectivity index (χ0n) is 13.1. The van der Waals surface area contributed by atoms with Crippen LogP contribution in [-0.2, 0) is 4.74 Å². The molecule has 5 nitrogen and oxygen atoms in total. The molecule has 116 valence electrons. The summed E-state index contributed by atoms with van der Waals surface area (Å²) >= 11 is 0. The maximum atomic E-state index is 12.4. The highest BCUT2D eigenvalue weighted by Gasteiger charge is 2.35. The number of nitrogens with one attached hydrogen (secondary N) is 1. The molecule has 0 bridgehead atoms. The van der Waals surface area contributed by atoms with Gasteiger partial charge in [0.15, 0.2) is 0 Å². The number of hydrogen-bond donors (Lipinski definition) is 2. The number of nitrogen functional groups attached to an aromatic ring is 1. The third-order valence-electron chi connectivity index (χ3n) is 4.35. The molecule has 1 aliphatic heterocycles. The quantitative estimate of drug-likeness (QED) is 0.893. The summed E-state index contributed by atoms with van der Waals surface area (Å²) in [6, 6.07) is 3.53. The molecule has 5 heteroatoms. The molecule has 1 fully saturated rings. The SMILES string of the molecule is CCC1(CC)CC(NC(=O)c2cc(C)nc(N)c2)CCO1. The third-order valence-corrected chi connectivity index (χ3v) is 4.35. The number of carbonyl (C=O) groups excluding carboxylic acids is 1. The number of nitrogens with two attached hydrogens (primary N) is 1. The molecule has 1 saturated heterocycles. The molecule has 0 aromatic carbocycles. The van der Waals surface area contributed by atoms with Crippen molar-refractivity contribution in [3.63, 3.8) is 0 Å². The van der Waals surface area contributed by atoms with Crippen LogP contribution < -0.4 is 11.1 Å². The summed E-state index contributed by atoms with van der Waals surface area (Å²) in [6.45, 7) is 6.81. The van der Waals surface area contributed by atoms with Gasteiger partial charge in [0.05, 0.1) is 5.60 Å². The van der Waals surface area contributed by atoms with Crippen molar-refractivity contribution in [2.24, 2.45) is 0 Å². The second-order valence-corrected chi connectivity index (χ2v) is 5.82. The third kappa shape index (κ3) is 3.73. The molecular formula is C16H25N3O2. The first-order chi connectivity index (χ1) is 9.98. The first-order valence-corrected chi connectivity index (χ1v) is 7.67. The van der Waals surface area contributed by atoms with E-state index in [1.807, 2.05) is 6.92 Å². The van der Waals surface area contributed by atoms with Crippen LogP contribution in [0.5, 0.6) is 0 Å².